The van der Waals surface area contributed by atoms with E-state index < -0.39 is 0 Å². The van der Waals surface area contributed by atoms with E-state index in [1.165, 1.54) is 12.1 Å². The van der Waals surface area contributed by atoms with Crippen LogP contribution in [-0.4, -0.2) is 17.0 Å². The maximum Gasteiger partial charge on any atom is 0.136 e. The van der Waals surface area contributed by atoms with Crippen LogP contribution in [0.3, 0.4) is 0 Å². The number of nitrogens with one attached hydrogen (secondary N) is 1. The average molecular weight is 287 g/mol. The molecule has 2 rings (SSSR count). The maximum absolute atomic E-state index is 13.6. The minimum absolute atomic E-state index is 0.171. The molecular weight excluding hydrogens is 265 g/mol. The van der Waals surface area contributed by atoms with Crippen LogP contribution in [0.25, 0.3) is 11.3 Å². The third kappa shape index (κ3) is 3.04. The van der Waals surface area contributed by atoms with Crippen LogP contribution in [0, 0.1) is 19.7 Å². The van der Waals surface area contributed by atoms with E-state index in [1.807, 2.05) is 20.9 Å². The zero-order valence-corrected chi connectivity index (χ0v) is 13.5. The summed E-state index contributed by atoms with van der Waals surface area (Å²) in [6.45, 7) is 10.1. The van der Waals surface area contributed by atoms with Gasteiger partial charge in [-0.05, 0) is 31.5 Å². The number of aryl methyl sites for hydroxylation is 1. The van der Waals surface area contributed by atoms with E-state index in [4.69, 9.17) is 4.98 Å². The van der Waals surface area contributed by atoms with Crippen LogP contribution in [0.2, 0.25) is 0 Å². The standard InChI is InChI=1S/C17H22FN3/c1-10-7-8-12(18)9-13(10)14-11(2)15(19-6)21-16(20-14)17(3,4)5/h7-9H,1-6H3,(H,19,20,21). The number of anilines is 1. The predicted octanol–water partition coefficient (Wildman–Crippen LogP) is 4.24. The van der Waals surface area contributed by atoms with Gasteiger partial charge in [-0.25, -0.2) is 14.4 Å². The third-order valence-electron chi connectivity index (χ3n) is 3.51. The van der Waals surface area contributed by atoms with Crippen LogP contribution in [-0.2, 0) is 5.41 Å². The molecule has 0 spiro atoms. The summed E-state index contributed by atoms with van der Waals surface area (Å²) in [6, 6.07) is 4.79. The highest BCUT2D eigenvalue weighted by Gasteiger charge is 2.22. The SMILES string of the molecule is CNc1nc(C(C)(C)C)nc(-c2cc(F)ccc2C)c1C. The Morgan fingerprint density at radius 1 is 1.10 bits per heavy atom. The fraction of sp³-hybridized carbons (Fsp3) is 0.412. The molecule has 0 aliphatic carbocycles. The topological polar surface area (TPSA) is 37.8 Å². The first-order valence-electron chi connectivity index (χ1n) is 7.07. The number of aromatic nitrogens is 2. The van der Waals surface area contributed by atoms with Crippen LogP contribution >= 0.6 is 0 Å². The molecule has 0 fully saturated rings. The van der Waals surface area contributed by atoms with Gasteiger partial charge in [0.25, 0.3) is 0 Å². The lowest BCUT2D eigenvalue weighted by molar-refractivity contribution is 0.546. The number of nitrogens with zero attached hydrogens (tertiary/aromatic N) is 2. The minimum atomic E-state index is -0.253. The molecule has 3 nitrogen and oxygen atoms in total. The maximum atomic E-state index is 13.6. The zero-order valence-electron chi connectivity index (χ0n) is 13.5. The van der Waals surface area contributed by atoms with Gasteiger partial charge in [0.05, 0.1) is 5.69 Å². The van der Waals surface area contributed by atoms with Gasteiger partial charge >= 0.3 is 0 Å². The molecule has 0 aliphatic rings. The highest BCUT2D eigenvalue weighted by Crippen LogP contribution is 2.31. The second-order valence-electron chi connectivity index (χ2n) is 6.33. The van der Waals surface area contributed by atoms with Crippen LogP contribution in [0.4, 0.5) is 10.2 Å². The molecule has 21 heavy (non-hydrogen) atoms. The fourth-order valence-corrected chi connectivity index (χ4v) is 2.21. The van der Waals surface area contributed by atoms with Gasteiger partial charge in [0.1, 0.15) is 17.5 Å². The molecule has 112 valence electrons. The number of hydrogen-bond acceptors (Lipinski definition) is 3. The molecule has 0 radical (unpaired) electrons. The van der Waals surface area contributed by atoms with Crippen LogP contribution < -0.4 is 5.32 Å². The lowest BCUT2D eigenvalue weighted by Crippen LogP contribution is -2.18. The number of halogens is 1. The van der Waals surface area contributed by atoms with Gasteiger partial charge in [0.2, 0.25) is 0 Å². The van der Waals surface area contributed by atoms with Crippen molar-refractivity contribution in [3.8, 4) is 11.3 Å². The van der Waals surface area contributed by atoms with Crippen molar-refractivity contribution in [3.63, 3.8) is 0 Å². The zero-order chi connectivity index (χ0) is 15.8. The van der Waals surface area contributed by atoms with Crippen molar-refractivity contribution in [3.05, 3.63) is 41.0 Å². The second-order valence-corrected chi connectivity index (χ2v) is 6.33. The van der Waals surface area contributed by atoms with Gasteiger partial charge in [0.15, 0.2) is 0 Å². The molecule has 0 saturated carbocycles. The van der Waals surface area contributed by atoms with Crippen LogP contribution in [0.1, 0.15) is 37.7 Å². The number of benzene rings is 1. The Hall–Kier alpha value is -1.97. The normalized spacial score (nSPS) is 11.6. The van der Waals surface area contributed by atoms with Gasteiger partial charge < -0.3 is 5.32 Å². The molecule has 1 aromatic heterocycles. The highest BCUT2D eigenvalue weighted by atomic mass is 19.1. The van der Waals surface area contributed by atoms with Gasteiger partial charge in [-0.2, -0.15) is 0 Å². The van der Waals surface area contributed by atoms with Crippen molar-refractivity contribution >= 4 is 5.82 Å². The molecule has 0 saturated heterocycles. The van der Waals surface area contributed by atoms with E-state index in [0.29, 0.717) is 0 Å². The summed E-state index contributed by atoms with van der Waals surface area (Å²) in [7, 11) is 1.84. The smallest absolute Gasteiger partial charge is 0.136 e. The monoisotopic (exact) mass is 287 g/mol. The first-order valence-corrected chi connectivity index (χ1v) is 7.07. The highest BCUT2D eigenvalue weighted by molar-refractivity contribution is 5.71. The average Bonchev–Trinajstić information content (AvgIpc) is 2.40. The summed E-state index contributed by atoms with van der Waals surface area (Å²) in [5.41, 5.74) is 3.36. The van der Waals surface area contributed by atoms with E-state index >= 15 is 0 Å². The Bertz CT molecular complexity index is 672. The molecule has 4 heteroatoms. The lowest BCUT2D eigenvalue weighted by Gasteiger charge is -2.21. The van der Waals surface area contributed by atoms with E-state index in [0.717, 1.165) is 34.0 Å². The van der Waals surface area contributed by atoms with Crippen molar-refractivity contribution in [2.45, 2.75) is 40.0 Å². The summed E-state index contributed by atoms with van der Waals surface area (Å²) in [4.78, 5) is 9.29. The summed E-state index contributed by atoms with van der Waals surface area (Å²) < 4.78 is 13.6. The minimum Gasteiger partial charge on any atom is -0.373 e. The van der Waals surface area contributed by atoms with Crippen molar-refractivity contribution in [2.24, 2.45) is 0 Å². The molecule has 1 heterocycles. The molecule has 1 N–H and O–H groups in total. The van der Waals surface area contributed by atoms with Crippen molar-refractivity contribution in [1.82, 2.24) is 9.97 Å². The van der Waals surface area contributed by atoms with E-state index in [1.54, 1.807) is 6.07 Å². The third-order valence-corrected chi connectivity index (χ3v) is 3.51. The van der Waals surface area contributed by atoms with E-state index in [2.05, 4.69) is 31.1 Å². The Labute approximate surface area is 125 Å². The predicted molar refractivity (Wildman–Crippen MR) is 85.1 cm³/mol. The molecule has 0 atom stereocenters. The van der Waals surface area contributed by atoms with Gasteiger partial charge in [-0.1, -0.05) is 26.8 Å². The molecule has 0 amide bonds. The fourth-order valence-electron chi connectivity index (χ4n) is 2.21. The molecule has 2 aromatic rings. The van der Waals surface area contributed by atoms with Crippen LogP contribution in [0.15, 0.2) is 18.2 Å². The Morgan fingerprint density at radius 2 is 1.76 bits per heavy atom. The lowest BCUT2D eigenvalue weighted by atomic mass is 9.94. The largest absolute Gasteiger partial charge is 0.373 e. The van der Waals surface area contributed by atoms with Gasteiger partial charge in [0, 0.05) is 23.6 Å². The molecular formula is C17H22FN3. The van der Waals surface area contributed by atoms with Gasteiger partial charge in [-0.15, -0.1) is 0 Å². The Morgan fingerprint density at radius 3 is 2.33 bits per heavy atom. The van der Waals surface area contributed by atoms with Crippen molar-refractivity contribution in [2.75, 3.05) is 12.4 Å². The summed E-state index contributed by atoms with van der Waals surface area (Å²) in [6.07, 6.45) is 0. The Kier molecular flexibility index (Phi) is 3.99. The number of rotatable bonds is 2. The first kappa shape index (κ1) is 15.4. The summed E-state index contributed by atoms with van der Waals surface area (Å²) in [5.74, 6) is 1.28. The van der Waals surface area contributed by atoms with Gasteiger partial charge in [-0.3, -0.25) is 0 Å². The molecule has 0 bridgehead atoms. The van der Waals surface area contributed by atoms with E-state index in [-0.39, 0.29) is 11.2 Å². The van der Waals surface area contributed by atoms with Crippen LogP contribution in [0.5, 0.6) is 0 Å². The van der Waals surface area contributed by atoms with Crippen molar-refractivity contribution in [1.29, 1.82) is 0 Å². The van der Waals surface area contributed by atoms with E-state index in [9.17, 15) is 4.39 Å². The summed E-state index contributed by atoms with van der Waals surface area (Å²) in [5, 5.41) is 3.11. The molecule has 1 aromatic carbocycles. The second kappa shape index (κ2) is 5.43. The molecule has 0 aliphatic heterocycles. The summed E-state index contributed by atoms with van der Waals surface area (Å²) >= 11 is 0. The van der Waals surface area contributed by atoms with Crippen molar-refractivity contribution < 1.29 is 4.39 Å². The number of hydrogen-bond donors (Lipinski definition) is 1. The quantitative estimate of drug-likeness (QED) is 0.897. The first-order chi connectivity index (χ1) is 9.74. The molecule has 0 unspecified atom stereocenters. The Balaban J connectivity index is 2.75.